The Balaban J connectivity index is 1.59. The van der Waals surface area contributed by atoms with E-state index in [1.807, 2.05) is 7.11 Å². The summed E-state index contributed by atoms with van der Waals surface area (Å²) in [6, 6.07) is 0. The van der Waals surface area contributed by atoms with E-state index in [1.165, 1.54) is 44.9 Å². The summed E-state index contributed by atoms with van der Waals surface area (Å²) in [4.78, 5) is 0. The van der Waals surface area contributed by atoms with Crippen LogP contribution in [0.5, 0.6) is 0 Å². The third-order valence-corrected chi connectivity index (χ3v) is 8.70. The van der Waals surface area contributed by atoms with E-state index >= 15 is 0 Å². The van der Waals surface area contributed by atoms with Gasteiger partial charge in [0.2, 0.25) is 0 Å². The molecular formula is C20H34O2. The van der Waals surface area contributed by atoms with Crippen molar-refractivity contribution in [1.29, 1.82) is 0 Å². The van der Waals surface area contributed by atoms with Crippen LogP contribution < -0.4 is 0 Å². The molecule has 4 saturated carbocycles. The number of hydrogen-bond acceptors (Lipinski definition) is 2. The number of fused-ring (bicyclic) bond motifs is 5. The molecular weight excluding hydrogens is 272 g/mol. The SMILES string of the molecule is CO[C@H]1CC[C@@]2(C)[C@@H](CC[C@@H]3[C@H]2CC[C@]2(C)C[C@@H](O)C[C@@H]32)C1. The first-order valence-corrected chi connectivity index (χ1v) is 9.67. The van der Waals surface area contributed by atoms with Gasteiger partial charge in [0.15, 0.2) is 0 Å². The largest absolute Gasteiger partial charge is 0.393 e. The van der Waals surface area contributed by atoms with Crippen LogP contribution in [0.2, 0.25) is 0 Å². The fraction of sp³-hybridized carbons (Fsp3) is 1.00. The van der Waals surface area contributed by atoms with Gasteiger partial charge in [-0.25, -0.2) is 0 Å². The summed E-state index contributed by atoms with van der Waals surface area (Å²) < 4.78 is 5.69. The van der Waals surface area contributed by atoms with Crippen LogP contribution in [-0.4, -0.2) is 24.4 Å². The van der Waals surface area contributed by atoms with Crippen molar-refractivity contribution in [2.24, 2.45) is 34.5 Å². The lowest BCUT2D eigenvalue weighted by Crippen LogP contribution is -2.53. The first-order valence-electron chi connectivity index (χ1n) is 9.67. The molecule has 0 radical (unpaired) electrons. The van der Waals surface area contributed by atoms with Crippen molar-refractivity contribution in [3.8, 4) is 0 Å². The summed E-state index contributed by atoms with van der Waals surface area (Å²) in [6.45, 7) is 5.08. The monoisotopic (exact) mass is 306 g/mol. The second-order valence-electron chi connectivity index (χ2n) is 9.58. The first kappa shape index (κ1) is 15.4. The molecule has 0 unspecified atom stereocenters. The number of rotatable bonds is 1. The highest BCUT2D eigenvalue weighted by Crippen LogP contribution is 2.66. The standard InChI is InChI=1S/C20H34O2/c1-19-8-7-17-16(18(19)11-14(21)12-19)5-4-13-10-15(22-3)6-9-20(13,17)2/h13-18,21H,4-12H2,1-3H3/t13-,14-,15-,16+,17+,18-,19+,20-/m0/s1. The zero-order valence-electron chi connectivity index (χ0n) is 14.7. The highest BCUT2D eigenvalue weighted by molar-refractivity contribution is 5.08. The molecule has 0 aromatic carbocycles. The van der Waals surface area contributed by atoms with E-state index in [2.05, 4.69) is 13.8 Å². The Hall–Kier alpha value is -0.0800. The van der Waals surface area contributed by atoms with Crippen molar-refractivity contribution in [1.82, 2.24) is 0 Å². The Labute approximate surface area is 136 Å². The molecule has 4 aliphatic rings. The molecule has 2 heteroatoms. The molecule has 1 N–H and O–H groups in total. The van der Waals surface area contributed by atoms with E-state index in [-0.39, 0.29) is 6.10 Å². The Kier molecular flexibility index (Phi) is 3.66. The van der Waals surface area contributed by atoms with Gasteiger partial charge in [0.05, 0.1) is 12.2 Å². The van der Waals surface area contributed by atoms with Crippen molar-refractivity contribution in [2.45, 2.75) is 83.8 Å². The number of aliphatic hydroxyl groups is 1. The van der Waals surface area contributed by atoms with Crippen LogP contribution in [0.4, 0.5) is 0 Å². The van der Waals surface area contributed by atoms with Gasteiger partial charge in [-0.15, -0.1) is 0 Å². The quantitative estimate of drug-likeness (QED) is 0.778. The maximum Gasteiger partial charge on any atom is 0.0574 e. The van der Waals surface area contributed by atoms with Crippen LogP contribution in [0, 0.1) is 34.5 Å². The second-order valence-corrected chi connectivity index (χ2v) is 9.58. The predicted octanol–water partition coefficient (Wildman–Crippen LogP) is 4.41. The van der Waals surface area contributed by atoms with E-state index in [4.69, 9.17) is 4.74 Å². The van der Waals surface area contributed by atoms with E-state index < -0.39 is 0 Å². The van der Waals surface area contributed by atoms with Gasteiger partial charge in [-0.3, -0.25) is 0 Å². The molecule has 4 rings (SSSR count). The van der Waals surface area contributed by atoms with E-state index in [0.29, 0.717) is 16.9 Å². The van der Waals surface area contributed by atoms with Crippen molar-refractivity contribution < 1.29 is 9.84 Å². The molecule has 2 nitrogen and oxygen atoms in total. The molecule has 0 saturated heterocycles. The third kappa shape index (κ3) is 2.13. The lowest BCUT2D eigenvalue weighted by atomic mass is 9.45. The van der Waals surface area contributed by atoms with E-state index in [0.717, 1.165) is 36.5 Å². The van der Waals surface area contributed by atoms with Crippen molar-refractivity contribution in [3.05, 3.63) is 0 Å². The summed E-state index contributed by atoms with van der Waals surface area (Å²) in [6.07, 6.45) is 12.1. The summed E-state index contributed by atoms with van der Waals surface area (Å²) in [7, 11) is 1.89. The first-order chi connectivity index (χ1) is 10.5. The minimum Gasteiger partial charge on any atom is -0.393 e. The molecule has 4 aliphatic carbocycles. The van der Waals surface area contributed by atoms with Gasteiger partial charge in [-0.2, -0.15) is 0 Å². The number of aliphatic hydroxyl groups excluding tert-OH is 1. The van der Waals surface area contributed by atoms with Gasteiger partial charge in [-0.05, 0) is 92.3 Å². The fourth-order valence-corrected chi connectivity index (χ4v) is 7.45. The molecule has 4 fully saturated rings. The molecule has 0 aromatic heterocycles. The van der Waals surface area contributed by atoms with Gasteiger partial charge in [0, 0.05) is 7.11 Å². The van der Waals surface area contributed by atoms with Crippen molar-refractivity contribution >= 4 is 0 Å². The van der Waals surface area contributed by atoms with Crippen molar-refractivity contribution in [2.75, 3.05) is 7.11 Å². The van der Waals surface area contributed by atoms with E-state index in [1.54, 1.807) is 0 Å². The number of methoxy groups -OCH3 is 1. The Morgan fingerprint density at radius 2 is 1.77 bits per heavy atom. The summed E-state index contributed by atoms with van der Waals surface area (Å²) >= 11 is 0. The highest BCUT2D eigenvalue weighted by Gasteiger charge is 2.59. The lowest BCUT2D eigenvalue weighted by molar-refractivity contribution is -0.125. The molecule has 0 spiro atoms. The average Bonchev–Trinajstić information content (AvgIpc) is 2.80. The van der Waals surface area contributed by atoms with Crippen molar-refractivity contribution in [3.63, 3.8) is 0 Å². The smallest absolute Gasteiger partial charge is 0.0574 e. The second kappa shape index (κ2) is 5.21. The van der Waals surface area contributed by atoms with Gasteiger partial charge in [0.25, 0.3) is 0 Å². The minimum atomic E-state index is -0.0245. The molecule has 0 bridgehead atoms. The normalized spacial score (nSPS) is 57.8. The van der Waals surface area contributed by atoms with Gasteiger partial charge < -0.3 is 9.84 Å². The van der Waals surface area contributed by atoms with Crippen LogP contribution in [0.1, 0.15) is 71.6 Å². The lowest BCUT2D eigenvalue weighted by Gasteiger charge is -2.60. The Bertz CT molecular complexity index is 435. The summed E-state index contributed by atoms with van der Waals surface area (Å²) in [5, 5.41) is 10.3. The van der Waals surface area contributed by atoms with Gasteiger partial charge in [-0.1, -0.05) is 13.8 Å². The maximum atomic E-state index is 10.3. The van der Waals surface area contributed by atoms with Crippen LogP contribution in [-0.2, 0) is 4.74 Å². The predicted molar refractivity (Wildman–Crippen MR) is 88.5 cm³/mol. The third-order valence-electron chi connectivity index (χ3n) is 8.70. The average molecular weight is 306 g/mol. The topological polar surface area (TPSA) is 29.5 Å². The van der Waals surface area contributed by atoms with E-state index in [9.17, 15) is 5.11 Å². The molecule has 0 aliphatic heterocycles. The van der Waals surface area contributed by atoms with Crippen LogP contribution in [0.25, 0.3) is 0 Å². The number of ether oxygens (including phenoxy) is 1. The Morgan fingerprint density at radius 3 is 2.55 bits per heavy atom. The van der Waals surface area contributed by atoms with Crippen LogP contribution in [0.3, 0.4) is 0 Å². The number of hydrogen-bond donors (Lipinski definition) is 1. The summed E-state index contributed by atoms with van der Waals surface area (Å²) in [5.74, 6) is 3.46. The molecule has 0 aromatic rings. The van der Waals surface area contributed by atoms with Gasteiger partial charge >= 0.3 is 0 Å². The molecule has 126 valence electrons. The molecule has 0 amide bonds. The van der Waals surface area contributed by atoms with Crippen LogP contribution in [0.15, 0.2) is 0 Å². The molecule has 0 heterocycles. The zero-order valence-corrected chi connectivity index (χ0v) is 14.7. The zero-order chi connectivity index (χ0) is 15.5. The maximum absolute atomic E-state index is 10.3. The highest BCUT2D eigenvalue weighted by atomic mass is 16.5. The van der Waals surface area contributed by atoms with Gasteiger partial charge in [0.1, 0.15) is 0 Å². The minimum absolute atomic E-state index is 0.0245. The molecule has 22 heavy (non-hydrogen) atoms. The van der Waals surface area contributed by atoms with Crippen LogP contribution >= 0.6 is 0 Å². The summed E-state index contributed by atoms with van der Waals surface area (Å²) in [5.41, 5.74) is 0.986. The fourth-order valence-electron chi connectivity index (χ4n) is 7.45. The molecule has 8 atom stereocenters. The Morgan fingerprint density at radius 1 is 0.955 bits per heavy atom.